The zero-order valence-electron chi connectivity index (χ0n) is 8.47. The van der Waals surface area contributed by atoms with E-state index in [2.05, 4.69) is 15.3 Å². The number of imidazole rings is 1. The number of hydrogen-bond donors (Lipinski definition) is 1. The second kappa shape index (κ2) is 3.20. The first-order chi connectivity index (χ1) is 7.34. The van der Waals surface area contributed by atoms with E-state index in [-0.39, 0.29) is 6.10 Å². The van der Waals surface area contributed by atoms with Crippen LogP contribution in [-0.4, -0.2) is 33.7 Å². The minimum Gasteiger partial charge on any atom is -0.470 e. The lowest BCUT2D eigenvalue weighted by molar-refractivity contribution is 0.138. The minimum atomic E-state index is 0.241. The molecule has 1 aliphatic rings. The molecule has 0 aliphatic carbocycles. The van der Waals surface area contributed by atoms with E-state index in [1.807, 2.05) is 17.7 Å². The molecule has 5 heteroatoms. The zero-order chi connectivity index (χ0) is 10.3. The van der Waals surface area contributed by atoms with Gasteiger partial charge in [-0.25, -0.2) is 9.97 Å². The molecule has 0 bridgehead atoms. The number of pyridine rings is 1. The van der Waals surface area contributed by atoms with Crippen LogP contribution >= 0.6 is 0 Å². The molecule has 2 aromatic heterocycles. The third kappa shape index (κ3) is 1.35. The second-order valence-electron chi connectivity index (χ2n) is 3.74. The quantitative estimate of drug-likeness (QED) is 0.765. The average Bonchev–Trinajstić information content (AvgIpc) is 2.55. The lowest BCUT2D eigenvalue weighted by Crippen LogP contribution is -2.50. The monoisotopic (exact) mass is 204 g/mol. The summed E-state index contributed by atoms with van der Waals surface area (Å²) in [6.45, 7) is 1.79. The highest BCUT2D eigenvalue weighted by Crippen LogP contribution is 2.22. The standard InChI is InChI=1S/C10H12N4O/c1-14-6-13-9-8(14)2-3-12-10(9)15-7-4-11-5-7/h2-3,6-7,11H,4-5H2,1H3. The smallest absolute Gasteiger partial charge is 0.242 e. The van der Waals surface area contributed by atoms with Crippen molar-refractivity contribution >= 4 is 11.0 Å². The maximum atomic E-state index is 5.73. The highest BCUT2D eigenvalue weighted by molar-refractivity contribution is 5.79. The molecule has 0 radical (unpaired) electrons. The van der Waals surface area contributed by atoms with Gasteiger partial charge < -0.3 is 14.6 Å². The molecule has 0 amide bonds. The van der Waals surface area contributed by atoms with Gasteiger partial charge in [0.05, 0.1) is 11.8 Å². The first-order valence-electron chi connectivity index (χ1n) is 4.98. The molecule has 2 aromatic rings. The van der Waals surface area contributed by atoms with Crippen LogP contribution in [0.5, 0.6) is 5.88 Å². The van der Waals surface area contributed by atoms with E-state index >= 15 is 0 Å². The number of aryl methyl sites for hydroxylation is 1. The predicted octanol–water partition coefficient (Wildman–Crippen LogP) is 0.319. The Kier molecular flexibility index (Phi) is 1.85. The fourth-order valence-corrected chi connectivity index (χ4v) is 1.63. The van der Waals surface area contributed by atoms with Gasteiger partial charge in [0.2, 0.25) is 5.88 Å². The van der Waals surface area contributed by atoms with Crippen LogP contribution in [0.25, 0.3) is 11.0 Å². The molecule has 0 spiro atoms. The van der Waals surface area contributed by atoms with Crippen LogP contribution in [0.2, 0.25) is 0 Å². The van der Waals surface area contributed by atoms with E-state index in [0.29, 0.717) is 5.88 Å². The Labute approximate surface area is 87.1 Å². The number of nitrogens with one attached hydrogen (secondary N) is 1. The minimum absolute atomic E-state index is 0.241. The number of rotatable bonds is 2. The number of fused-ring (bicyclic) bond motifs is 1. The summed E-state index contributed by atoms with van der Waals surface area (Å²) in [5.41, 5.74) is 1.89. The van der Waals surface area contributed by atoms with Crippen molar-refractivity contribution in [2.75, 3.05) is 13.1 Å². The summed E-state index contributed by atoms with van der Waals surface area (Å²) >= 11 is 0. The van der Waals surface area contributed by atoms with Gasteiger partial charge in [0.1, 0.15) is 6.10 Å². The summed E-state index contributed by atoms with van der Waals surface area (Å²) in [5.74, 6) is 0.639. The van der Waals surface area contributed by atoms with Crippen molar-refractivity contribution in [2.45, 2.75) is 6.10 Å². The Bertz CT molecular complexity index is 489. The van der Waals surface area contributed by atoms with Crippen LogP contribution < -0.4 is 10.1 Å². The molecule has 0 aromatic carbocycles. The van der Waals surface area contributed by atoms with E-state index in [1.165, 1.54) is 0 Å². The van der Waals surface area contributed by atoms with Crippen molar-refractivity contribution in [1.29, 1.82) is 0 Å². The van der Waals surface area contributed by atoms with Crippen LogP contribution in [0, 0.1) is 0 Å². The molecular formula is C10H12N4O. The van der Waals surface area contributed by atoms with Gasteiger partial charge in [0.25, 0.3) is 0 Å². The molecule has 1 saturated heterocycles. The van der Waals surface area contributed by atoms with Crippen LogP contribution in [0.1, 0.15) is 0 Å². The topological polar surface area (TPSA) is 52.0 Å². The maximum Gasteiger partial charge on any atom is 0.242 e. The Hall–Kier alpha value is -1.62. The largest absolute Gasteiger partial charge is 0.470 e. The van der Waals surface area contributed by atoms with Gasteiger partial charge in [-0.15, -0.1) is 0 Å². The summed E-state index contributed by atoms with van der Waals surface area (Å²) in [6.07, 6.45) is 3.77. The van der Waals surface area contributed by atoms with Crippen LogP contribution in [0.4, 0.5) is 0 Å². The van der Waals surface area contributed by atoms with Crippen molar-refractivity contribution in [3.8, 4) is 5.88 Å². The zero-order valence-corrected chi connectivity index (χ0v) is 8.47. The lowest BCUT2D eigenvalue weighted by atomic mass is 10.2. The van der Waals surface area contributed by atoms with Gasteiger partial charge in [-0.2, -0.15) is 0 Å². The lowest BCUT2D eigenvalue weighted by Gasteiger charge is -2.27. The third-order valence-corrected chi connectivity index (χ3v) is 2.63. The fourth-order valence-electron chi connectivity index (χ4n) is 1.63. The SMILES string of the molecule is Cn1cnc2c(OC3CNC3)nccc21. The van der Waals surface area contributed by atoms with Crippen LogP contribution in [0.15, 0.2) is 18.6 Å². The summed E-state index contributed by atoms with van der Waals surface area (Å²) in [6, 6.07) is 1.94. The summed E-state index contributed by atoms with van der Waals surface area (Å²) in [5, 5.41) is 3.16. The van der Waals surface area contributed by atoms with E-state index < -0.39 is 0 Å². The molecule has 3 rings (SSSR count). The van der Waals surface area contributed by atoms with Gasteiger partial charge in [-0.05, 0) is 6.07 Å². The second-order valence-corrected chi connectivity index (χ2v) is 3.74. The van der Waals surface area contributed by atoms with E-state index in [0.717, 1.165) is 24.1 Å². The number of nitrogens with zero attached hydrogens (tertiary/aromatic N) is 3. The van der Waals surface area contributed by atoms with Crippen molar-refractivity contribution < 1.29 is 4.74 Å². The maximum absolute atomic E-state index is 5.73. The molecule has 78 valence electrons. The molecule has 0 atom stereocenters. The Morgan fingerprint density at radius 2 is 2.33 bits per heavy atom. The molecule has 0 unspecified atom stereocenters. The molecule has 15 heavy (non-hydrogen) atoms. The first-order valence-corrected chi connectivity index (χ1v) is 4.98. The molecule has 5 nitrogen and oxygen atoms in total. The predicted molar refractivity (Wildman–Crippen MR) is 55.8 cm³/mol. The Morgan fingerprint density at radius 1 is 1.47 bits per heavy atom. The number of aromatic nitrogens is 3. The van der Waals surface area contributed by atoms with Crippen LogP contribution in [-0.2, 0) is 7.05 Å². The normalized spacial score (nSPS) is 16.6. The summed E-state index contributed by atoms with van der Waals surface area (Å²) in [7, 11) is 1.96. The van der Waals surface area contributed by atoms with Gasteiger partial charge in [-0.1, -0.05) is 0 Å². The van der Waals surface area contributed by atoms with Crippen molar-refractivity contribution in [3.05, 3.63) is 18.6 Å². The molecule has 3 heterocycles. The van der Waals surface area contributed by atoms with Crippen molar-refractivity contribution in [2.24, 2.45) is 7.05 Å². The summed E-state index contributed by atoms with van der Waals surface area (Å²) in [4.78, 5) is 8.50. The van der Waals surface area contributed by atoms with Crippen molar-refractivity contribution in [1.82, 2.24) is 19.9 Å². The molecular weight excluding hydrogens is 192 g/mol. The van der Waals surface area contributed by atoms with Crippen molar-refractivity contribution in [3.63, 3.8) is 0 Å². The van der Waals surface area contributed by atoms with Crippen LogP contribution in [0.3, 0.4) is 0 Å². The Morgan fingerprint density at radius 3 is 3.07 bits per heavy atom. The van der Waals surface area contributed by atoms with Gasteiger partial charge in [0, 0.05) is 26.3 Å². The molecule has 1 N–H and O–H groups in total. The van der Waals surface area contributed by atoms with Gasteiger partial charge in [0.15, 0.2) is 5.52 Å². The highest BCUT2D eigenvalue weighted by atomic mass is 16.5. The first kappa shape index (κ1) is 8.67. The third-order valence-electron chi connectivity index (χ3n) is 2.63. The number of hydrogen-bond acceptors (Lipinski definition) is 4. The molecule has 1 aliphatic heterocycles. The average molecular weight is 204 g/mol. The van der Waals surface area contributed by atoms with Gasteiger partial charge >= 0.3 is 0 Å². The molecule has 1 fully saturated rings. The highest BCUT2D eigenvalue weighted by Gasteiger charge is 2.20. The Balaban J connectivity index is 2.01. The summed E-state index contributed by atoms with van der Waals surface area (Å²) < 4.78 is 7.69. The number of ether oxygens (including phenoxy) is 1. The van der Waals surface area contributed by atoms with E-state index in [1.54, 1.807) is 12.5 Å². The van der Waals surface area contributed by atoms with E-state index in [9.17, 15) is 0 Å². The van der Waals surface area contributed by atoms with E-state index in [4.69, 9.17) is 4.74 Å². The van der Waals surface area contributed by atoms with Gasteiger partial charge in [-0.3, -0.25) is 0 Å². The molecule has 0 saturated carbocycles. The fraction of sp³-hybridized carbons (Fsp3) is 0.400.